The van der Waals surface area contributed by atoms with Crippen molar-refractivity contribution in [3.8, 4) is 0 Å². The van der Waals surface area contributed by atoms with E-state index in [1.165, 1.54) is 96.3 Å². The fourth-order valence-electron chi connectivity index (χ4n) is 3.24. The van der Waals surface area contributed by atoms with E-state index in [1.54, 1.807) is 0 Å². The minimum atomic E-state index is 0. The molecule has 0 rings (SSSR count). The zero-order valence-electron chi connectivity index (χ0n) is 16.6. The first-order chi connectivity index (χ1) is 10.7. The third-order valence-electron chi connectivity index (χ3n) is 5.25. The molecule has 2 heteroatoms. The van der Waals surface area contributed by atoms with Crippen molar-refractivity contribution in [1.82, 2.24) is 6.15 Å². The van der Waals surface area contributed by atoms with Crippen LogP contribution in [0.25, 0.3) is 0 Å². The van der Waals surface area contributed by atoms with Crippen LogP contribution < -0.4 is 6.15 Å². The summed E-state index contributed by atoms with van der Waals surface area (Å²) in [5.41, 5.74) is 0. The molecule has 3 N–H and O–H groups in total. The van der Waals surface area contributed by atoms with Crippen molar-refractivity contribution in [1.29, 1.82) is 0 Å². The minimum Gasteiger partial charge on any atom is -0.344 e. The van der Waals surface area contributed by atoms with Crippen molar-refractivity contribution in [3.63, 3.8) is 0 Å². The van der Waals surface area contributed by atoms with Crippen LogP contribution in [0.5, 0.6) is 0 Å². The Morgan fingerprint density at radius 2 is 0.826 bits per heavy atom. The van der Waals surface area contributed by atoms with E-state index in [9.17, 15) is 0 Å². The number of unbranched alkanes of at least 4 members (excludes halogenated alkanes) is 13. The number of rotatable bonds is 17. The first-order valence-electron chi connectivity index (χ1n) is 10.4. The zero-order chi connectivity index (χ0) is 16.5. The summed E-state index contributed by atoms with van der Waals surface area (Å²) < 4.78 is 0. The van der Waals surface area contributed by atoms with Crippen LogP contribution in [0.15, 0.2) is 0 Å². The highest BCUT2D eigenvalue weighted by molar-refractivity contribution is 6.23. The molecule has 0 aromatic heterocycles. The number of hydrogen-bond acceptors (Lipinski definition) is 1. The zero-order valence-corrected chi connectivity index (χ0v) is 17.4. The minimum absolute atomic E-state index is 0. The molecule has 0 aliphatic rings. The molecular formula is C21H46ClN. The Labute approximate surface area is 152 Å². The lowest BCUT2D eigenvalue weighted by molar-refractivity contribution is 0.457. The fraction of sp³-hybridized carbons (Fsp3) is 1.00. The topological polar surface area (TPSA) is 35.0 Å². The summed E-state index contributed by atoms with van der Waals surface area (Å²) in [4.78, 5) is 0.0944. The van der Waals surface area contributed by atoms with Gasteiger partial charge in [-0.3, -0.25) is 0 Å². The lowest BCUT2D eigenvalue weighted by Gasteiger charge is -2.23. The molecule has 0 aromatic rings. The second-order valence-electron chi connectivity index (χ2n) is 7.20. The van der Waals surface area contributed by atoms with Crippen molar-refractivity contribution >= 4 is 11.6 Å². The Morgan fingerprint density at radius 3 is 1.13 bits per heavy atom. The lowest BCUT2D eigenvalue weighted by Crippen LogP contribution is -2.18. The normalized spacial score (nSPS) is 11.5. The standard InChI is InChI=1S/C21H43Cl.H3N/c1-4-7-8-9-10-11-12-13-14-15-16-17-18-19-20-21(22,5-2)6-3;/h4-20H2,1-3H3;1H3. The van der Waals surface area contributed by atoms with Gasteiger partial charge in [0, 0.05) is 4.87 Å². The van der Waals surface area contributed by atoms with E-state index in [4.69, 9.17) is 11.6 Å². The Bertz CT molecular complexity index is 214. The highest BCUT2D eigenvalue weighted by atomic mass is 35.5. The highest BCUT2D eigenvalue weighted by Crippen LogP contribution is 2.30. The van der Waals surface area contributed by atoms with Crippen molar-refractivity contribution in [2.45, 2.75) is 135 Å². The van der Waals surface area contributed by atoms with E-state index in [0.29, 0.717) is 0 Å². The number of alkyl halides is 1. The monoisotopic (exact) mass is 347 g/mol. The SMILES string of the molecule is CCCCCCCCCCCCCCCCC(Cl)(CC)CC.N. The number of hydrogen-bond donors (Lipinski definition) is 1. The Kier molecular flexibility index (Phi) is 20.6. The van der Waals surface area contributed by atoms with Gasteiger partial charge in [-0.2, -0.15) is 0 Å². The van der Waals surface area contributed by atoms with Crippen LogP contribution in [0, 0.1) is 0 Å². The second-order valence-corrected chi connectivity index (χ2v) is 8.01. The molecular weight excluding hydrogens is 302 g/mol. The third-order valence-corrected chi connectivity index (χ3v) is 5.97. The van der Waals surface area contributed by atoms with E-state index in [-0.39, 0.29) is 11.0 Å². The molecule has 0 saturated carbocycles. The molecule has 0 spiro atoms. The van der Waals surface area contributed by atoms with Gasteiger partial charge in [0.05, 0.1) is 0 Å². The van der Waals surface area contributed by atoms with Crippen LogP contribution >= 0.6 is 11.6 Å². The lowest BCUT2D eigenvalue weighted by atomic mass is 9.94. The fourth-order valence-corrected chi connectivity index (χ4v) is 3.37. The molecule has 0 heterocycles. The summed E-state index contributed by atoms with van der Waals surface area (Å²) in [6.07, 6.45) is 23.5. The highest BCUT2D eigenvalue weighted by Gasteiger charge is 2.21. The van der Waals surface area contributed by atoms with Gasteiger partial charge >= 0.3 is 0 Å². The van der Waals surface area contributed by atoms with Crippen molar-refractivity contribution in [2.75, 3.05) is 0 Å². The van der Waals surface area contributed by atoms with Crippen molar-refractivity contribution < 1.29 is 0 Å². The van der Waals surface area contributed by atoms with E-state index in [2.05, 4.69) is 20.8 Å². The summed E-state index contributed by atoms with van der Waals surface area (Å²) in [7, 11) is 0. The average molecular weight is 348 g/mol. The van der Waals surface area contributed by atoms with Gasteiger partial charge in [-0.25, -0.2) is 0 Å². The van der Waals surface area contributed by atoms with E-state index >= 15 is 0 Å². The molecule has 0 radical (unpaired) electrons. The summed E-state index contributed by atoms with van der Waals surface area (Å²) >= 11 is 6.56. The van der Waals surface area contributed by atoms with E-state index < -0.39 is 0 Å². The first-order valence-corrected chi connectivity index (χ1v) is 10.7. The average Bonchev–Trinajstić information content (AvgIpc) is 2.55. The summed E-state index contributed by atoms with van der Waals surface area (Å²) in [5.74, 6) is 0. The molecule has 142 valence electrons. The molecule has 0 unspecified atom stereocenters. The maximum absolute atomic E-state index is 6.56. The molecule has 1 nitrogen and oxygen atoms in total. The molecule has 0 atom stereocenters. The van der Waals surface area contributed by atoms with Crippen LogP contribution in [0.4, 0.5) is 0 Å². The largest absolute Gasteiger partial charge is 0.344 e. The van der Waals surface area contributed by atoms with Gasteiger partial charge in [0.15, 0.2) is 0 Å². The van der Waals surface area contributed by atoms with Crippen LogP contribution in [-0.4, -0.2) is 4.87 Å². The van der Waals surface area contributed by atoms with Crippen LogP contribution in [0.3, 0.4) is 0 Å². The quantitative estimate of drug-likeness (QED) is 0.207. The Hall–Kier alpha value is 0.250. The summed E-state index contributed by atoms with van der Waals surface area (Å²) in [5, 5.41) is 0. The molecule has 23 heavy (non-hydrogen) atoms. The summed E-state index contributed by atoms with van der Waals surface area (Å²) in [6, 6.07) is 0. The molecule has 0 aliphatic heterocycles. The van der Waals surface area contributed by atoms with Gasteiger partial charge in [0.2, 0.25) is 0 Å². The van der Waals surface area contributed by atoms with Gasteiger partial charge in [-0.15, -0.1) is 11.6 Å². The van der Waals surface area contributed by atoms with E-state index in [0.717, 1.165) is 12.8 Å². The van der Waals surface area contributed by atoms with Crippen LogP contribution in [0.2, 0.25) is 0 Å². The maximum atomic E-state index is 6.56. The smallest absolute Gasteiger partial charge is 0.0441 e. The van der Waals surface area contributed by atoms with Crippen LogP contribution in [-0.2, 0) is 0 Å². The van der Waals surface area contributed by atoms with Gasteiger partial charge < -0.3 is 6.15 Å². The predicted molar refractivity (Wildman–Crippen MR) is 109 cm³/mol. The number of halogens is 1. The van der Waals surface area contributed by atoms with Crippen molar-refractivity contribution in [3.05, 3.63) is 0 Å². The molecule has 0 fully saturated rings. The first kappa shape index (κ1) is 25.5. The molecule has 0 aliphatic carbocycles. The van der Waals surface area contributed by atoms with Gasteiger partial charge in [-0.05, 0) is 19.3 Å². The molecule has 0 amide bonds. The van der Waals surface area contributed by atoms with Crippen LogP contribution in [0.1, 0.15) is 130 Å². The van der Waals surface area contributed by atoms with Crippen molar-refractivity contribution in [2.24, 2.45) is 0 Å². The summed E-state index contributed by atoms with van der Waals surface area (Å²) in [6.45, 7) is 6.74. The second kappa shape index (κ2) is 18.6. The van der Waals surface area contributed by atoms with Gasteiger partial charge in [0.25, 0.3) is 0 Å². The predicted octanol–water partition coefficient (Wildman–Crippen LogP) is 8.82. The Balaban J connectivity index is 0. The van der Waals surface area contributed by atoms with E-state index in [1.807, 2.05) is 0 Å². The Morgan fingerprint density at radius 1 is 0.522 bits per heavy atom. The maximum Gasteiger partial charge on any atom is 0.0441 e. The van der Waals surface area contributed by atoms with Gasteiger partial charge in [0.1, 0.15) is 0 Å². The third kappa shape index (κ3) is 16.9. The molecule has 0 saturated heterocycles. The molecule has 0 aromatic carbocycles. The molecule has 0 bridgehead atoms. The van der Waals surface area contributed by atoms with Gasteiger partial charge in [-0.1, -0.05) is 111 Å².